The zero-order chi connectivity index (χ0) is 14.4. The summed E-state index contributed by atoms with van der Waals surface area (Å²) in [4.78, 5) is 11.3. The Bertz CT molecular complexity index is 465. The number of rotatable bonds is 5. The van der Waals surface area contributed by atoms with Crippen molar-refractivity contribution in [2.45, 2.75) is 25.7 Å². The van der Waals surface area contributed by atoms with Gasteiger partial charge in [0.25, 0.3) is 5.91 Å². The van der Waals surface area contributed by atoms with Crippen molar-refractivity contribution in [3.8, 4) is 5.75 Å². The summed E-state index contributed by atoms with van der Waals surface area (Å²) in [5, 5.41) is 5.90. The fraction of sp³-hybridized carbons (Fsp3) is 0.533. The third-order valence-electron chi connectivity index (χ3n) is 3.49. The fourth-order valence-corrected chi connectivity index (χ4v) is 2.46. The number of hydrogen-bond acceptors (Lipinski definition) is 3. The molecule has 0 aromatic heterocycles. The second kappa shape index (κ2) is 8.85. The molecule has 1 saturated heterocycles. The van der Waals surface area contributed by atoms with Gasteiger partial charge in [0, 0.05) is 12.6 Å². The van der Waals surface area contributed by atoms with Crippen LogP contribution in [-0.2, 0) is 4.79 Å². The summed E-state index contributed by atoms with van der Waals surface area (Å²) in [6.07, 6.45) is 1.91. The number of piperidine rings is 1. The Kier molecular flexibility index (Phi) is 7.47. The highest BCUT2D eigenvalue weighted by Crippen LogP contribution is 2.29. The van der Waals surface area contributed by atoms with Crippen LogP contribution < -0.4 is 15.4 Å². The summed E-state index contributed by atoms with van der Waals surface area (Å²) in [5.74, 6) is 0.223. The highest BCUT2D eigenvalue weighted by atomic mass is 35.5. The lowest BCUT2D eigenvalue weighted by Gasteiger charge is -2.23. The monoisotopic (exact) mass is 316 g/mol. The third-order valence-corrected chi connectivity index (χ3v) is 3.49. The first-order valence-electron chi connectivity index (χ1n) is 7.10. The van der Waals surface area contributed by atoms with E-state index in [4.69, 9.17) is 4.74 Å². The topological polar surface area (TPSA) is 50.4 Å². The van der Waals surface area contributed by atoms with E-state index in [1.165, 1.54) is 6.07 Å². The molecule has 0 unspecified atom stereocenters. The van der Waals surface area contributed by atoms with E-state index in [9.17, 15) is 9.18 Å². The van der Waals surface area contributed by atoms with Crippen LogP contribution >= 0.6 is 12.4 Å². The molecule has 2 N–H and O–H groups in total. The second-order valence-corrected chi connectivity index (χ2v) is 4.95. The number of likely N-dealkylation sites (N-methyl/N-ethyl adjacent to an activating group) is 1. The summed E-state index contributed by atoms with van der Waals surface area (Å²) in [5.41, 5.74) is 0.747. The van der Waals surface area contributed by atoms with Gasteiger partial charge < -0.3 is 15.4 Å². The van der Waals surface area contributed by atoms with Crippen LogP contribution in [0, 0.1) is 5.82 Å². The number of halogens is 2. The molecule has 2 rings (SSSR count). The number of benzene rings is 1. The van der Waals surface area contributed by atoms with E-state index in [1.54, 1.807) is 12.1 Å². The lowest BCUT2D eigenvalue weighted by molar-refractivity contribution is -0.122. The minimum absolute atomic E-state index is 0. The molecule has 1 aliphatic heterocycles. The molecule has 1 aromatic rings. The van der Waals surface area contributed by atoms with Crippen LogP contribution in [0.1, 0.15) is 31.2 Å². The van der Waals surface area contributed by atoms with Crippen LogP contribution in [0.4, 0.5) is 4.39 Å². The average molecular weight is 317 g/mol. The molecule has 1 aliphatic rings. The van der Waals surface area contributed by atoms with Gasteiger partial charge in [-0.15, -0.1) is 12.4 Å². The van der Waals surface area contributed by atoms with Gasteiger partial charge in [-0.25, -0.2) is 4.39 Å². The van der Waals surface area contributed by atoms with Crippen molar-refractivity contribution in [2.24, 2.45) is 0 Å². The molecule has 118 valence electrons. The van der Waals surface area contributed by atoms with Gasteiger partial charge in [-0.05, 0) is 50.4 Å². The van der Waals surface area contributed by atoms with Crippen LogP contribution in [0.5, 0.6) is 5.75 Å². The summed E-state index contributed by atoms with van der Waals surface area (Å²) in [6, 6.07) is 4.88. The standard InChI is InChI=1S/C15H21FN2O2.ClH/c1-2-18-15(19)10-20-12-3-4-13(14(16)9-12)11-5-7-17-8-6-11;/h3-4,9,11,17H,2,5-8,10H2,1H3,(H,18,19);1H. The highest BCUT2D eigenvalue weighted by Gasteiger charge is 2.18. The van der Waals surface area contributed by atoms with Crippen LogP contribution in [-0.4, -0.2) is 32.1 Å². The Morgan fingerprint density at radius 2 is 2.14 bits per heavy atom. The van der Waals surface area contributed by atoms with Crippen molar-refractivity contribution in [1.82, 2.24) is 10.6 Å². The van der Waals surface area contributed by atoms with Crippen LogP contribution in [0.2, 0.25) is 0 Å². The van der Waals surface area contributed by atoms with E-state index in [-0.39, 0.29) is 36.7 Å². The molecule has 0 bridgehead atoms. The number of ether oxygens (including phenoxy) is 1. The van der Waals surface area contributed by atoms with Crippen LogP contribution in [0.15, 0.2) is 18.2 Å². The fourth-order valence-electron chi connectivity index (χ4n) is 2.46. The number of carbonyl (C=O) groups excluding carboxylic acids is 1. The molecular formula is C15H22ClFN2O2. The van der Waals surface area contributed by atoms with Crippen molar-refractivity contribution >= 4 is 18.3 Å². The summed E-state index contributed by atoms with van der Waals surface area (Å²) >= 11 is 0. The Labute approximate surface area is 130 Å². The van der Waals surface area contributed by atoms with Gasteiger partial charge in [-0.2, -0.15) is 0 Å². The first-order chi connectivity index (χ1) is 9.70. The number of hydrogen-bond donors (Lipinski definition) is 2. The van der Waals surface area contributed by atoms with E-state index in [0.29, 0.717) is 12.3 Å². The quantitative estimate of drug-likeness (QED) is 0.876. The first kappa shape index (κ1) is 17.7. The van der Waals surface area contributed by atoms with Crippen molar-refractivity contribution in [1.29, 1.82) is 0 Å². The molecular weight excluding hydrogens is 295 g/mol. The number of nitrogens with one attached hydrogen (secondary N) is 2. The van der Waals surface area contributed by atoms with Gasteiger partial charge in [0.2, 0.25) is 0 Å². The minimum Gasteiger partial charge on any atom is -0.484 e. The van der Waals surface area contributed by atoms with Crippen LogP contribution in [0.25, 0.3) is 0 Å². The van der Waals surface area contributed by atoms with E-state index in [0.717, 1.165) is 31.5 Å². The molecule has 1 aromatic carbocycles. The predicted octanol–water partition coefficient (Wildman–Crippen LogP) is 2.23. The number of amides is 1. The minimum atomic E-state index is -0.245. The zero-order valence-electron chi connectivity index (χ0n) is 12.2. The van der Waals surface area contributed by atoms with Crippen molar-refractivity contribution in [3.63, 3.8) is 0 Å². The second-order valence-electron chi connectivity index (χ2n) is 4.95. The summed E-state index contributed by atoms with van der Waals surface area (Å²) in [7, 11) is 0. The molecule has 1 amide bonds. The molecule has 0 radical (unpaired) electrons. The zero-order valence-corrected chi connectivity index (χ0v) is 13.0. The molecule has 0 atom stereocenters. The SMILES string of the molecule is CCNC(=O)COc1ccc(C2CCNCC2)c(F)c1.Cl. The van der Waals surface area contributed by atoms with E-state index in [1.807, 2.05) is 6.92 Å². The number of carbonyl (C=O) groups is 1. The Balaban J connectivity index is 0.00000220. The normalized spacial score (nSPS) is 15.1. The molecule has 21 heavy (non-hydrogen) atoms. The Hall–Kier alpha value is -1.33. The molecule has 0 saturated carbocycles. The third kappa shape index (κ3) is 5.17. The van der Waals surface area contributed by atoms with Crippen molar-refractivity contribution in [3.05, 3.63) is 29.6 Å². The largest absolute Gasteiger partial charge is 0.484 e. The molecule has 1 fully saturated rings. The van der Waals surface area contributed by atoms with E-state index in [2.05, 4.69) is 10.6 Å². The maximum absolute atomic E-state index is 14.1. The molecule has 6 heteroatoms. The molecule has 0 aliphatic carbocycles. The summed E-state index contributed by atoms with van der Waals surface area (Å²) < 4.78 is 19.4. The molecule has 1 heterocycles. The maximum Gasteiger partial charge on any atom is 0.257 e. The van der Waals surface area contributed by atoms with E-state index < -0.39 is 0 Å². The lowest BCUT2D eigenvalue weighted by atomic mass is 9.90. The smallest absolute Gasteiger partial charge is 0.257 e. The first-order valence-corrected chi connectivity index (χ1v) is 7.10. The maximum atomic E-state index is 14.1. The highest BCUT2D eigenvalue weighted by molar-refractivity contribution is 5.85. The van der Waals surface area contributed by atoms with Gasteiger partial charge in [0.05, 0.1) is 0 Å². The van der Waals surface area contributed by atoms with Gasteiger partial charge in [0.1, 0.15) is 11.6 Å². The van der Waals surface area contributed by atoms with Crippen molar-refractivity contribution in [2.75, 3.05) is 26.2 Å². The Morgan fingerprint density at radius 3 is 2.76 bits per heavy atom. The van der Waals surface area contributed by atoms with Crippen molar-refractivity contribution < 1.29 is 13.9 Å². The van der Waals surface area contributed by atoms with E-state index >= 15 is 0 Å². The Morgan fingerprint density at radius 1 is 1.43 bits per heavy atom. The average Bonchev–Trinajstić information content (AvgIpc) is 2.46. The van der Waals surface area contributed by atoms with Crippen LogP contribution in [0.3, 0.4) is 0 Å². The molecule has 0 spiro atoms. The lowest BCUT2D eigenvalue weighted by Crippen LogP contribution is -2.28. The van der Waals surface area contributed by atoms with Gasteiger partial charge in [-0.3, -0.25) is 4.79 Å². The summed E-state index contributed by atoms with van der Waals surface area (Å²) in [6.45, 7) is 4.18. The predicted molar refractivity (Wildman–Crippen MR) is 82.7 cm³/mol. The van der Waals surface area contributed by atoms with Gasteiger partial charge >= 0.3 is 0 Å². The van der Waals surface area contributed by atoms with Gasteiger partial charge in [-0.1, -0.05) is 6.07 Å². The molecule has 4 nitrogen and oxygen atoms in total. The van der Waals surface area contributed by atoms with Gasteiger partial charge in [0.15, 0.2) is 6.61 Å².